The molecule has 0 radical (unpaired) electrons. The summed E-state index contributed by atoms with van der Waals surface area (Å²) in [5, 5.41) is 0.888. The molecule has 1 atom stereocenters. The van der Waals surface area contributed by atoms with Crippen LogP contribution in [0.2, 0.25) is 0 Å². The molecule has 4 nitrogen and oxygen atoms in total. The van der Waals surface area contributed by atoms with Gasteiger partial charge in [0.25, 0.3) is 0 Å². The van der Waals surface area contributed by atoms with Gasteiger partial charge < -0.3 is 4.90 Å². The second-order valence-corrected chi connectivity index (χ2v) is 6.35. The maximum Gasteiger partial charge on any atom is 0.233 e. The van der Waals surface area contributed by atoms with Crippen LogP contribution in [-0.4, -0.2) is 39.0 Å². The van der Waals surface area contributed by atoms with Crippen LogP contribution in [0.3, 0.4) is 0 Å². The topological polar surface area (TPSA) is 37.6 Å². The first-order valence-corrected chi connectivity index (χ1v) is 8.05. The Morgan fingerprint density at radius 3 is 3.25 bits per heavy atom. The van der Waals surface area contributed by atoms with Crippen LogP contribution in [0.15, 0.2) is 35.7 Å². The van der Waals surface area contributed by atoms with E-state index in [0.717, 1.165) is 30.2 Å². The van der Waals surface area contributed by atoms with Gasteiger partial charge in [-0.25, -0.2) is 4.98 Å². The summed E-state index contributed by atoms with van der Waals surface area (Å²) in [5.41, 5.74) is 1.06. The zero-order chi connectivity index (χ0) is 13.9. The monoisotopic (exact) mass is 289 g/mol. The quantitative estimate of drug-likeness (QED) is 0.815. The molecule has 0 saturated carbocycles. The number of pyridine rings is 1. The molecule has 0 N–H and O–H groups in total. The van der Waals surface area contributed by atoms with Gasteiger partial charge in [-0.05, 0) is 30.9 Å². The van der Waals surface area contributed by atoms with Crippen molar-refractivity contribution in [3.8, 4) is 0 Å². The fourth-order valence-corrected chi connectivity index (χ4v) is 3.53. The molecular weight excluding hydrogens is 270 g/mol. The first kappa shape index (κ1) is 13.5. The molecule has 1 aliphatic rings. The highest BCUT2D eigenvalue weighted by Crippen LogP contribution is 2.21. The molecule has 20 heavy (non-hydrogen) atoms. The predicted octanol–water partition coefficient (Wildman–Crippen LogP) is 2.68. The summed E-state index contributed by atoms with van der Waals surface area (Å²) in [7, 11) is 0. The summed E-state index contributed by atoms with van der Waals surface area (Å²) in [5.74, 6) is 1.33. The van der Waals surface area contributed by atoms with Crippen molar-refractivity contribution in [2.75, 3.05) is 18.8 Å². The molecule has 0 aliphatic carbocycles. The molecule has 1 amide bonds. The molecule has 5 heteroatoms. The summed E-state index contributed by atoms with van der Waals surface area (Å²) < 4.78 is 2.02. The van der Waals surface area contributed by atoms with Gasteiger partial charge in [-0.1, -0.05) is 24.8 Å². The Balaban J connectivity index is 1.63. The molecule has 2 aromatic rings. The minimum absolute atomic E-state index is 0.231. The van der Waals surface area contributed by atoms with Crippen LogP contribution in [-0.2, 0) is 4.79 Å². The number of carbonyl (C=O) groups excluding carboxylic acids is 1. The Morgan fingerprint density at radius 1 is 1.50 bits per heavy atom. The van der Waals surface area contributed by atoms with Crippen molar-refractivity contribution >= 4 is 23.2 Å². The van der Waals surface area contributed by atoms with Gasteiger partial charge in [-0.3, -0.25) is 9.20 Å². The van der Waals surface area contributed by atoms with Crippen molar-refractivity contribution in [2.24, 2.45) is 5.92 Å². The molecule has 0 spiro atoms. The molecule has 0 aromatic carbocycles. The highest BCUT2D eigenvalue weighted by molar-refractivity contribution is 7.99. The molecule has 0 bridgehead atoms. The van der Waals surface area contributed by atoms with Crippen molar-refractivity contribution in [3.05, 3.63) is 30.6 Å². The van der Waals surface area contributed by atoms with Gasteiger partial charge in [0.05, 0.1) is 17.5 Å². The van der Waals surface area contributed by atoms with Crippen LogP contribution in [0.4, 0.5) is 0 Å². The number of hydrogen-bond acceptors (Lipinski definition) is 3. The SMILES string of the molecule is CC1CCCN(C(=O)CSc2ncc3ccccn23)C1. The minimum atomic E-state index is 0.231. The third kappa shape index (κ3) is 2.82. The average Bonchev–Trinajstić information content (AvgIpc) is 2.88. The number of rotatable bonds is 3. The van der Waals surface area contributed by atoms with Gasteiger partial charge in [-0.2, -0.15) is 0 Å². The van der Waals surface area contributed by atoms with E-state index in [1.807, 2.05) is 39.9 Å². The molecule has 1 saturated heterocycles. The van der Waals surface area contributed by atoms with E-state index in [1.54, 1.807) is 0 Å². The largest absolute Gasteiger partial charge is 0.342 e. The van der Waals surface area contributed by atoms with E-state index in [-0.39, 0.29) is 5.91 Å². The van der Waals surface area contributed by atoms with E-state index < -0.39 is 0 Å². The van der Waals surface area contributed by atoms with E-state index in [1.165, 1.54) is 18.2 Å². The molecule has 106 valence electrons. The molecule has 1 aliphatic heterocycles. The van der Waals surface area contributed by atoms with Crippen LogP contribution in [0.1, 0.15) is 19.8 Å². The maximum absolute atomic E-state index is 12.2. The lowest BCUT2D eigenvalue weighted by Gasteiger charge is -2.30. The second kappa shape index (κ2) is 5.87. The van der Waals surface area contributed by atoms with Crippen LogP contribution >= 0.6 is 11.8 Å². The number of carbonyl (C=O) groups is 1. The summed E-state index contributed by atoms with van der Waals surface area (Å²) in [6.45, 7) is 4.03. The number of fused-ring (bicyclic) bond motifs is 1. The fraction of sp³-hybridized carbons (Fsp3) is 0.467. The fourth-order valence-electron chi connectivity index (χ4n) is 2.66. The van der Waals surface area contributed by atoms with Gasteiger partial charge in [0, 0.05) is 19.3 Å². The Bertz CT molecular complexity index is 610. The van der Waals surface area contributed by atoms with Crippen LogP contribution in [0.5, 0.6) is 0 Å². The van der Waals surface area contributed by atoms with Crippen molar-refractivity contribution in [3.63, 3.8) is 0 Å². The second-order valence-electron chi connectivity index (χ2n) is 5.41. The first-order valence-electron chi connectivity index (χ1n) is 7.06. The number of piperidine rings is 1. The standard InChI is InChI=1S/C15H19N3OS/c1-12-5-4-7-17(10-12)14(19)11-20-15-16-9-13-6-2-3-8-18(13)15/h2-3,6,8-9,12H,4-5,7,10-11H2,1H3. The van der Waals surface area contributed by atoms with Crippen LogP contribution < -0.4 is 0 Å². The summed E-state index contributed by atoms with van der Waals surface area (Å²) in [4.78, 5) is 18.6. The molecule has 3 rings (SSSR count). The molecule has 2 aromatic heterocycles. The van der Waals surface area contributed by atoms with Crippen LogP contribution in [0.25, 0.3) is 5.52 Å². The molecule has 1 unspecified atom stereocenters. The number of aromatic nitrogens is 2. The Hall–Kier alpha value is -1.49. The maximum atomic E-state index is 12.2. The van der Waals surface area contributed by atoms with E-state index >= 15 is 0 Å². The van der Waals surface area contributed by atoms with Crippen molar-refractivity contribution < 1.29 is 4.79 Å². The van der Waals surface area contributed by atoms with Gasteiger partial charge in [0.1, 0.15) is 0 Å². The van der Waals surface area contributed by atoms with Crippen LogP contribution in [0, 0.1) is 5.92 Å². The summed E-state index contributed by atoms with van der Waals surface area (Å²) in [6, 6.07) is 5.99. The van der Waals surface area contributed by atoms with Gasteiger partial charge >= 0.3 is 0 Å². The lowest BCUT2D eigenvalue weighted by Crippen LogP contribution is -2.40. The summed E-state index contributed by atoms with van der Waals surface area (Å²) in [6.07, 6.45) is 6.19. The van der Waals surface area contributed by atoms with Crippen molar-refractivity contribution in [1.82, 2.24) is 14.3 Å². The normalized spacial score (nSPS) is 19.4. The number of thioether (sulfide) groups is 1. The number of amides is 1. The minimum Gasteiger partial charge on any atom is -0.342 e. The Morgan fingerprint density at radius 2 is 2.40 bits per heavy atom. The Labute approximate surface area is 123 Å². The number of hydrogen-bond donors (Lipinski definition) is 0. The van der Waals surface area contributed by atoms with E-state index in [2.05, 4.69) is 11.9 Å². The smallest absolute Gasteiger partial charge is 0.233 e. The van der Waals surface area contributed by atoms with Crippen molar-refractivity contribution in [1.29, 1.82) is 0 Å². The lowest BCUT2D eigenvalue weighted by molar-refractivity contribution is -0.130. The van der Waals surface area contributed by atoms with Gasteiger partial charge in [-0.15, -0.1) is 0 Å². The highest BCUT2D eigenvalue weighted by atomic mass is 32.2. The zero-order valence-corrected chi connectivity index (χ0v) is 12.5. The molecule has 1 fully saturated rings. The number of nitrogens with zero attached hydrogens (tertiary/aromatic N) is 3. The van der Waals surface area contributed by atoms with Gasteiger partial charge in [0.2, 0.25) is 5.91 Å². The molecule has 3 heterocycles. The predicted molar refractivity (Wildman–Crippen MR) is 80.9 cm³/mol. The van der Waals surface area contributed by atoms with E-state index in [9.17, 15) is 4.79 Å². The van der Waals surface area contributed by atoms with Gasteiger partial charge in [0.15, 0.2) is 5.16 Å². The highest BCUT2D eigenvalue weighted by Gasteiger charge is 2.21. The number of likely N-dealkylation sites (tertiary alicyclic amines) is 1. The average molecular weight is 289 g/mol. The number of imidazole rings is 1. The van der Waals surface area contributed by atoms with E-state index in [0.29, 0.717) is 11.7 Å². The first-order chi connectivity index (χ1) is 9.74. The Kier molecular flexibility index (Phi) is 3.96. The zero-order valence-electron chi connectivity index (χ0n) is 11.7. The summed E-state index contributed by atoms with van der Waals surface area (Å²) >= 11 is 1.52. The lowest BCUT2D eigenvalue weighted by atomic mass is 10.0. The van der Waals surface area contributed by atoms with Crippen molar-refractivity contribution in [2.45, 2.75) is 24.9 Å². The van der Waals surface area contributed by atoms with E-state index in [4.69, 9.17) is 0 Å². The molecular formula is C15H19N3OS. The third-order valence-electron chi connectivity index (χ3n) is 3.74. The third-order valence-corrected chi connectivity index (χ3v) is 4.69.